The number of carbonyl (C=O) groups excluding carboxylic acids is 1. The van der Waals surface area contributed by atoms with Crippen molar-refractivity contribution in [1.29, 1.82) is 0 Å². The van der Waals surface area contributed by atoms with Crippen molar-refractivity contribution in [3.05, 3.63) is 110 Å². The second-order valence-corrected chi connectivity index (χ2v) is 9.28. The number of para-hydroxylation sites is 1. The van der Waals surface area contributed by atoms with Crippen molar-refractivity contribution >= 4 is 33.4 Å². The van der Waals surface area contributed by atoms with E-state index in [1.807, 2.05) is 43.4 Å². The van der Waals surface area contributed by atoms with Gasteiger partial charge in [-0.25, -0.2) is 4.79 Å². The Kier molecular flexibility index (Phi) is 6.40. The highest BCUT2D eigenvalue weighted by atomic mass is 16.2. The van der Waals surface area contributed by atoms with Crippen LogP contribution >= 0.6 is 0 Å². The van der Waals surface area contributed by atoms with Gasteiger partial charge in [-0.15, -0.1) is 0 Å². The first-order chi connectivity index (χ1) is 17.9. The van der Waals surface area contributed by atoms with Gasteiger partial charge in [0, 0.05) is 61.5 Å². The first-order valence-corrected chi connectivity index (χ1v) is 12.3. The van der Waals surface area contributed by atoms with Gasteiger partial charge in [0.2, 0.25) is 0 Å². The summed E-state index contributed by atoms with van der Waals surface area (Å²) in [6.45, 7) is 2.38. The molecule has 188 valence electrons. The van der Waals surface area contributed by atoms with Crippen LogP contribution in [-0.2, 0) is 6.54 Å². The Hall–Kier alpha value is -4.59. The van der Waals surface area contributed by atoms with Crippen LogP contribution in [-0.4, -0.2) is 41.1 Å². The molecular weight excluding hydrogens is 466 g/mol. The molecule has 0 aliphatic rings. The molecular formula is C29H29N5O3. The summed E-state index contributed by atoms with van der Waals surface area (Å²) in [5, 5.41) is 4.54. The number of fused-ring (bicyclic) bond motifs is 2. The molecule has 3 aromatic carbocycles. The average molecular weight is 496 g/mol. The number of nitrogens with zero attached hydrogens (tertiary/aromatic N) is 2. The van der Waals surface area contributed by atoms with Crippen LogP contribution in [0.3, 0.4) is 0 Å². The first kappa shape index (κ1) is 24.1. The van der Waals surface area contributed by atoms with Crippen molar-refractivity contribution in [2.75, 3.05) is 25.5 Å². The Morgan fingerprint density at radius 3 is 2.46 bits per heavy atom. The SMILES string of the molecule is CCn1c(=O)[nH]c2cc(C(=O)NCC(c3ccc(N(C)C)cc3)c3c[nH]c4ccccc34)ccc2c1=O. The van der Waals surface area contributed by atoms with E-state index < -0.39 is 5.69 Å². The summed E-state index contributed by atoms with van der Waals surface area (Å²) in [5.74, 6) is -0.370. The van der Waals surface area contributed by atoms with Gasteiger partial charge in [0.05, 0.1) is 10.9 Å². The smallest absolute Gasteiger partial charge is 0.328 e. The van der Waals surface area contributed by atoms with Crippen LogP contribution < -0.4 is 21.5 Å². The fraction of sp³-hybridized carbons (Fsp3) is 0.207. The highest BCUT2D eigenvalue weighted by Gasteiger charge is 2.20. The lowest BCUT2D eigenvalue weighted by Crippen LogP contribution is -2.34. The lowest BCUT2D eigenvalue weighted by Gasteiger charge is -2.20. The molecule has 8 nitrogen and oxygen atoms in total. The summed E-state index contributed by atoms with van der Waals surface area (Å²) in [5.41, 5.74) is 4.17. The fourth-order valence-electron chi connectivity index (χ4n) is 4.77. The zero-order valence-corrected chi connectivity index (χ0v) is 21.0. The summed E-state index contributed by atoms with van der Waals surface area (Å²) in [6, 6.07) is 21.2. The molecule has 8 heteroatoms. The third-order valence-electron chi connectivity index (χ3n) is 6.84. The normalized spacial score (nSPS) is 12.1. The second-order valence-electron chi connectivity index (χ2n) is 9.28. The van der Waals surface area contributed by atoms with Crippen LogP contribution in [0.4, 0.5) is 5.69 Å². The molecule has 1 unspecified atom stereocenters. The number of hydrogen-bond donors (Lipinski definition) is 3. The Morgan fingerprint density at radius 2 is 1.73 bits per heavy atom. The Labute approximate surface area is 213 Å². The molecule has 1 atom stereocenters. The van der Waals surface area contributed by atoms with E-state index in [-0.39, 0.29) is 23.9 Å². The minimum atomic E-state index is -0.488. The third kappa shape index (κ3) is 4.53. The molecule has 0 aliphatic heterocycles. The van der Waals surface area contributed by atoms with Crippen LogP contribution in [0, 0.1) is 0 Å². The number of rotatable bonds is 7. The van der Waals surface area contributed by atoms with Crippen LogP contribution in [0.1, 0.15) is 34.3 Å². The molecule has 2 heterocycles. The number of anilines is 1. The molecule has 2 aromatic heterocycles. The minimum absolute atomic E-state index is 0.0895. The number of amides is 1. The number of H-pyrrole nitrogens is 2. The molecule has 5 rings (SSSR count). The monoisotopic (exact) mass is 495 g/mol. The lowest BCUT2D eigenvalue weighted by molar-refractivity contribution is 0.0952. The van der Waals surface area contributed by atoms with Crippen molar-refractivity contribution in [3.63, 3.8) is 0 Å². The van der Waals surface area contributed by atoms with Crippen LogP contribution in [0.25, 0.3) is 21.8 Å². The molecule has 1 amide bonds. The van der Waals surface area contributed by atoms with Gasteiger partial charge in [-0.3, -0.25) is 14.2 Å². The van der Waals surface area contributed by atoms with Gasteiger partial charge in [0.15, 0.2) is 0 Å². The van der Waals surface area contributed by atoms with Gasteiger partial charge >= 0.3 is 5.69 Å². The molecule has 0 bridgehead atoms. The summed E-state index contributed by atoms with van der Waals surface area (Å²) < 4.78 is 1.13. The third-order valence-corrected chi connectivity index (χ3v) is 6.84. The topological polar surface area (TPSA) is 103 Å². The predicted molar refractivity (Wildman–Crippen MR) is 148 cm³/mol. The van der Waals surface area contributed by atoms with E-state index in [1.54, 1.807) is 25.1 Å². The molecule has 3 N–H and O–H groups in total. The van der Waals surface area contributed by atoms with E-state index in [2.05, 4.69) is 45.6 Å². The van der Waals surface area contributed by atoms with Crippen molar-refractivity contribution < 1.29 is 4.79 Å². The molecule has 37 heavy (non-hydrogen) atoms. The van der Waals surface area contributed by atoms with Crippen molar-refractivity contribution in [2.45, 2.75) is 19.4 Å². The van der Waals surface area contributed by atoms with E-state index >= 15 is 0 Å². The Bertz CT molecular complexity index is 1710. The van der Waals surface area contributed by atoms with E-state index in [0.29, 0.717) is 23.0 Å². The molecule has 0 saturated heterocycles. The average Bonchev–Trinajstić information content (AvgIpc) is 3.33. The zero-order chi connectivity index (χ0) is 26.1. The maximum Gasteiger partial charge on any atom is 0.328 e. The van der Waals surface area contributed by atoms with Crippen LogP contribution in [0.5, 0.6) is 0 Å². The number of nitrogens with one attached hydrogen (secondary N) is 3. The van der Waals surface area contributed by atoms with Gasteiger partial charge < -0.3 is 20.2 Å². The largest absolute Gasteiger partial charge is 0.378 e. The molecule has 0 spiro atoms. The van der Waals surface area contributed by atoms with E-state index in [9.17, 15) is 14.4 Å². The highest BCUT2D eigenvalue weighted by Crippen LogP contribution is 2.31. The number of aromatic nitrogens is 3. The predicted octanol–water partition coefficient (Wildman–Crippen LogP) is 3.82. The summed E-state index contributed by atoms with van der Waals surface area (Å²) in [7, 11) is 4.00. The molecule has 0 radical (unpaired) electrons. The van der Waals surface area contributed by atoms with E-state index in [0.717, 1.165) is 32.3 Å². The summed E-state index contributed by atoms with van der Waals surface area (Å²) in [4.78, 5) is 46.1. The van der Waals surface area contributed by atoms with Gasteiger partial charge in [-0.1, -0.05) is 30.3 Å². The number of aromatic amines is 2. The molecule has 5 aromatic rings. The molecule has 0 aliphatic carbocycles. The van der Waals surface area contributed by atoms with Gasteiger partial charge in [-0.2, -0.15) is 0 Å². The zero-order valence-electron chi connectivity index (χ0n) is 21.0. The first-order valence-electron chi connectivity index (χ1n) is 12.3. The number of carbonyl (C=O) groups is 1. The van der Waals surface area contributed by atoms with Crippen molar-refractivity contribution in [1.82, 2.24) is 19.9 Å². The Morgan fingerprint density at radius 1 is 0.973 bits per heavy atom. The summed E-state index contributed by atoms with van der Waals surface area (Å²) in [6.07, 6.45) is 2.00. The van der Waals surface area contributed by atoms with E-state index in [4.69, 9.17) is 0 Å². The highest BCUT2D eigenvalue weighted by molar-refractivity contribution is 5.97. The fourth-order valence-corrected chi connectivity index (χ4v) is 4.77. The standard InChI is InChI=1S/C29H29N5O3/c1-4-34-28(36)22-14-11-19(15-26(22)32-29(34)37)27(35)31-16-23(18-9-12-20(13-10-18)33(2)3)24-17-30-25-8-6-5-7-21(24)25/h5-15,17,23,30H,4,16H2,1-3H3,(H,31,35)(H,32,37). The lowest BCUT2D eigenvalue weighted by atomic mass is 9.90. The molecule has 0 fully saturated rings. The van der Waals surface area contributed by atoms with Gasteiger partial charge in [-0.05, 0) is 54.4 Å². The minimum Gasteiger partial charge on any atom is -0.378 e. The molecule has 0 saturated carbocycles. The van der Waals surface area contributed by atoms with Crippen molar-refractivity contribution in [3.8, 4) is 0 Å². The van der Waals surface area contributed by atoms with Crippen LogP contribution in [0.15, 0.2) is 82.5 Å². The Balaban J connectivity index is 1.46. The van der Waals surface area contributed by atoms with Crippen molar-refractivity contribution in [2.24, 2.45) is 0 Å². The number of hydrogen-bond acceptors (Lipinski definition) is 4. The van der Waals surface area contributed by atoms with E-state index in [1.165, 1.54) is 0 Å². The maximum atomic E-state index is 13.2. The van der Waals surface area contributed by atoms with Crippen LogP contribution in [0.2, 0.25) is 0 Å². The van der Waals surface area contributed by atoms with Gasteiger partial charge in [0.1, 0.15) is 0 Å². The quantitative estimate of drug-likeness (QED) is 0.319. The second kappa shape index (κ2) is 9.81. The summed E-state index contributed by atoms with van der Waals surface area (Å²) >= 11 is 0. The van der Waals surface area contributed by atoms with Gasteiger partial charge in [0.25, 0.3) is 11.5 Å². The number of benzene rings is 3. The maximum absolute atomic E-state index is 13.2.